The summed E-state index contributed by atoms with van der Waals surface area (Å²) in [4.78, 5) is 58.0. The lowest BCUT2D eigenvalue weighted by atomic mass is 9.81. The fraction of sp³-hybridized carbons (Fsp3) is 0.783. The van der Waals surface area contributed by atoms with Gasteiger partial charge in [-0.2, -0.15) is 0 Å². The summed E-state index contributed by atoms with van der Waals surface area (Å²) >= 11 is 0. The van der Waals surface area contributed by atoms with Crippen LogP contribution >= 0.6 is 0 Å². The van der Waals surface area contributed by atoms with E-state index in [4.69, 9.17) is 28.4 Å². The molecule has 0 radical (unpaired) electrons. The first-order valence-corrected chi connectivity index (χ1v) is 21.9. The van der Waals surface area contributed by atoms with E-state index in [1.54, 1.807) is 27.0 Å². The Morgan fingerprint density at radius 1 is 0.949 bits per heavy atom. The molecule has 1 saturated carbocycles. The Bertz CT molecular complexity index is 1510. The van der Waals surface area contributed by atoms with Crippen molar-refractivity contribution in [1.29, 1.82) is 0 Å². The molecule has 13 nitrogen and oxygen atoms in total. The number of cyclic esters (lactones) is 1. The van der Waals surface area contributed by atoms with Crippen molar-refractivity contribution in [2.24, 2.45) is 29.6 Å². The zero-order chi connectivity index (χ0) is 43.6. The molecular formula is C46H73NO12. The molecule has 13 heteroatoms. The molecule has 2 N–H and O–H groups in total. The second kappa shape index (κ2) is 22.4. The standard InChI is InChI=1S/C46H73NO12/c1-11-19-57-37-17-16-32(25-38(37)54-8)23-29(5)41-31(7)35(48)26-36(49)33(12-2)21-27(3)20-28(4)22-39(55-9)42-40(56-10)24-30(6)46(53,59-42)43(50)44(51)47-18-14-13-15-34(47)45(52)58-41/h11,21,23,28,30-35,37-42,48,53H,1,12-20,22,24-26H2,2-10H3/b27-21+,29-23?. The van der Waals surface area contributed by atoms with Crippen LogP contribution in [0.2, 0.25) is 0 Å². The van der Waals surface area contributed by atoms with Crippen LogP contribution in [-0.4, -0.2) is 128 Å². The number of esters is 1. The Morgan fingerprint density at radius 3 is 2.27 bits per heavy atom. The topological polar surface area (TPSA) is 167 Å². The van der Waals surface area contributed by atoms with Crippen molar-refractivity contribution in [3.63, 3.8) is 0 Å². The summed E-state index contributed by atoms with van der Waals surface area (Å²) < 4.78 is 36.1. The predicted octanol–water partition coefficient (Wildman–Crippen LogP) is 5.68. The quantitative estimate of drug-likeness (QED) is 0.166. The number of Topliss-reactive ketones (excluding diaryl/α,β-unsaturated/α-hetero) is 2. The SMILES string of the molecule is C=CCOC1CCC(C=C(C)C2OC(=O)C3CCCCN3C(=O)C(=O)C3(O)OC(C(OC)CC(C)C/C(C)=C/C(CC)C(=O)CC(O)C2C)C(OC)CC3C)CC1OC. The summed E-state index contributed by atoms with van der Waals surface area (Å²) in [5.74, 6) is -7.37. The summed E-state index contributed by atoms with van der Waals surface area (Å²) in [7, 11) is 4.74. The van der Waals surface area contributed by atoms with Crippen LogP contribution in [0.3, 0.4) is 0 Å². The van der Waals surface area contributed by atoms with Gasteiger partial charge in [0.15, 0.2) is 0 Å². The van der Waals surface area contributed by atoms with Gasteiger partial charge in [-0.3, -0.25) is 14.4 Å². The first kappa shape index (κ1) is 48.9. The van der Waals surface area contributed by atoms with Crippen LogP contribution < -0.4 is 0 Å². The lowest BCUT2D eigenvalue weighted by molar-refractivity contribution is -0.302. The van der Waals surface area contributed by atoms with E-state index >= 15 is 0 Å². The molecule has 2 saturated heterocycles. The van der Waals surface area contributed by atoms with Gasteiger partial charge in [-0.25, -0.2) is 4.79 Å². The molecule has 3 heterocycles. The number of carbonyl (C=O) groups excluding carboxylic acids is 4. The number of nitrogens with zero attached hydrogens (tertiary/aromatic N) is 1. The van der Waals surface area contributed by atoms with Gasteiger partial charge in [0.05, 0.1) is 37.1 Å². The number of hydrogen-bond donors (Lipinski definition) is 2. The first-order valence-electron chi connectivity index (χ1n) is 21.9. The molecule has 0 aromatic rings. The van der Waals surface area contributed by atoms with E-state index in [1.807, 2.05) is 26.8 Å². The highest BCUT2D eigenvalue weighted by Crippen LogP contribution is 2.39. The molecule has 3 aliphatic heterocycles. The van der Waals surface area contributed by atoms with E-state index in [9.17, 15) is 29.4 Å². The number of carbonyl (C=O) groups is 4. The van der Waals surface area contributed by atoms with Crippen LogP contribution in [0.5, 0.6) is 0 Å². The number of fused-ring (bicyclic) bond motifs is 3. The zero-order valence-electron chi connectivity index (χ0n) is 37.1. The Kier molecular flexibility index (Phi) is 18.5. The second-order valence-electron chi connectivity index (χ2n) is 17.7. The zero-order valence-corrected chi connectivity index (χ0v) is 37.1. The van der Waals surface area contributed by atoms with Gasteiger partial charge in [-0.1, -0.05) is 51.5 Å². The van der Waals surface area contributed by atoms with Gasteiger partial charge in [0.25, 0.3) is 11.7 Å². The molecule has 1 aliphatic carbocycles. The molecular weight excluding hydrogens is 759 g/mol. The van der Waals surface area contributed by atoms with Crippen molar-refractivity contribution < 1.29 is 57.8 Å². The number of rotatable bonds is 9. The van der Waals surface area contributed by atoms with Gasteiger partial charge in [-0.15, -0.1) is 6.58 Å². The number of methoxy groups -OCH3 is 3. The van der Waals surface area contributed by atoms with Gasteiger partial charge in [0.2, 0.25) is 5.79 Å². The van der Waals surface area contributed by atoms with E-state index in [0.29, 0.717) is 50.7 Å². The monoisotopic (exact) mass is 832 g/mol. The van der Waals surface area contributed by atoms with Crippen LogP contribution in [0.4, 0.5) is 0 Å². The van der Waals surface area contributed by atoms with Crippen LogP contribution in [0.1, 0.15) is 112 Å². The van der Waals surface area contributed by atoms with Gasteiger partial charge < -0.3 is 43.5 Å². The number of aliphatic hydroxyl groups excluding tert-OH is 1. The van der Waals surface area contributed by atoms with Gasteiger partial charge in [0.1, 0.15) is 24.0 Å². The van der Waals surface area contributed by atoms with Crippen molar-refractivity contribution in [3.8, 4) is 0 Å². The minimum absolute atomic E-state index is 0.0380. The Hall–Kier alpha value is -2.78. The highest BCUT2D eigenvalue weighted by atomic mass is 16.7. The predicted molar refractivity (Wildman–Crippen MR) is 222 cm³/mol. The van der Waals surface area contributed by atoms with Crippen LogP contribution in [0.25, 0.3) is 0 Å². The smallest absolute Gasteiger partial charge is 0.329 e. The minimum atomic E-state index is -2.50. The van der Waals surface area contributed by atoms with Crippen LogP contribution in [-0.2, 0) is 47.6 Å². The van der Waals surface area contributed by atoms with Crippen molar-refractivity contribution in [1.82, 2.24) is 4.90 Å². The fourth-order valence-electron chi connectivity index (χ4n) is 9.76. The minimum Gasteiger partial charge on any atom is -0.456 e. The first-order chi connectivity index (χ1) is 28.0. The fourth-order valence-corrected chi connectivity index (χ4v) is 9.76. The van der Waals surface area contributed by atoms with Gasteiger partial charge in [0, 0.05) is 52.0 Å². The largest absolute Gasteiger partial charge is 0.456 e. The Balaban J connectivity index is 1.75. The number of amides is 1. The van der Waals surface area contributed by atoms with Crippen LogP contribution in [0, 0.1) is 29.6 Å². The molecule has 334 valence electrons. The third-order valence-corrected chi connectivity index (χ3v) is 13.3. The number of ether oxygens (including phenoxy) is 6. The molecule has 4 aliphatic rings. The highest BCUT2D eigenvalue weighted by Gasteiger charge is 2.56. The van der Waals surface area contributed by atoms with Crippen molar-refractivity contribution in [3.05, 3.63) is 36.0 Å². The lowest BCUT2D eigenvalue weighted by Crippen LogP contribution is -2.64. The van der Waals surface area contributed by atoms with Gasteiger partial charge in [-0.05, 0) is 95.5 Å². The molecule has 14 atom stereocenters. The third-order valence-electron chi connectivity index (χ3n) is 13.3. The molecule has 4 rings (SSSR count). The average molecular weight is 832 g/mol. The van der Waals surface area contributed by atoms with E-state index in [0.717, 1.165) is 18.4 Å². The summed E-state index contributed by atoms with van der Waals surface area (Å²) in [5, 5.41) is 23.8. The average Bonchev–Trinajstić information content (AvgIpc) is 3.22. The summed E-state index contributed by atoms with van der Waals surface area (Å²) in [6, 6.07) is -1.12. The van der Waals surface area contributed by atoms with Crippen molar-refractivity contribution in [2.45, 2.75) is 167 Å². The molecule has 2 bridgehead atoms. The second-order valence-corrected chi connectivity index (χ2v) is 17.7. The van der Waals surface area contributed by atoms with E-state index in [1.165, 1.54) is 19.1 Å². The summed E-state index contributed by atoms with van der Waals surface area (Å²) in [6.45, 7) is 15.5. The maximum atomic E-state index is 14.4. The maximum absolute atomic E-state index is 14.4. The number of ketones is 2. The molecule has 59 heavy (non-hydrogen) atoms. The Morgan fingerprint density at radius 2 is 1.63 bits per heavy atom. The van der Waals surface area contributed by atoms with Crippen molar-refractivity contribution in [2.75, 3.05) is 34.5 Å². The van der Waals surface area contributed by atoms with Gasteiger partial charge >= 0.3 is 5.97 Å². The maximum Gasteiger partial charge on any atom is 0.329 e. The third kappa shape index (κ3) is 12.0. The van der Waals surface area contributed by atoms with E-state index < -0.39 is 77.8 Å². The number of piperidine rings is 1. The highest BCUT2D eigenvalue weighted by molar-refractivity contribution is 6.39. The number of aliphatic hydroxyl groups is 2. The number of allylic oxidation sites excluding steroid dienone is 3. The van der Waals surface area contributed by atoms with Crippen LogP contribution in [0.15, 0.2) is 36.0 Å². The number of hydrogen-bond acceptors (Lipinski definition) is 12. The summed E-state index contributed by atoms with van der Waals surface area (Å²) in [5.41, 5.74) is 1.70. The lowest BCUT2D eigenvalue weighted by Gasteiger charge is -2.47. The molecule has 3 fully saturated rings. The van der Waals surface area contributed by atoms with E-state index in [2.05, 4.69) is 19.6 Å². The summed E-state index contributed by atoms with van der Waals surface area (Å²) in [6.07, 6.45) is 6.72. The molecule has 14 unspecified atom stereocenters. The van der Waals surface area contributed by atoms with E-state index in [-0.39, 0.29) is 55.6 Å². The normalized spacial score (nSPS) is 40.0. The molecule has 0 aromatic carbocycles. The molecule has 0 aromatic heterocycles. The molecule has 1 amide bonds. The Labute approximate surface area is 352 Å². The molecule has 0 spiro atoms. The van der Waals surface area contributed by atoms with Crippen molar-refractivity contribution >= 4 is 23.4 Å².